The highest BCUT2D eigenvalue weighted by Gasteiger charge is 2.46. The summed E-state index contributed by atoms with van der Waals surface area (Å²) in [7, 11) is 1.83. The van der Waals surface area contributed by atoms with Crippen molar-refractivity contribution in [2.24, 2.45) is 23.5 Å². The fourth-order valence-corrected chi connectivity index (χ4v) is 5.12. The molecule has 5 atom stereocenters. The lowest BCUT2D eigenvalue weighted by Gasteiger charge is -2.40. The molecule has 1 aromatic carbocycles. The molecule has 3 fully saturated rings. The van der Waals surface area contributed by atoms with Gasteiger partial charge >= 0.3 is 0 Å². The van der Waals surface area contributed by atoms with Crippen molar-refractivity contribution < 1.29 is 9.59 Å². The first kappa shape index (κ1) is 19.2. The van der Waals surface area contributed by atoms with Gasteiger partial charge in [0.15, 0.2) is 0 Å². The zero-order chi connectivity index (χ0) is 17.6. The molecule has 6 heteroatoms. The van der Waals surface area contributed by atoms with Gasteiger partial charge in [-0.15, -0.1) is 12.4 Å². The highest BCUT2D eigenvalue weighted by atomic mass is 35.5. The van der Waals surface area contributed by atoms with E-state index in [-0.39, 0.29) is 42.2 Å². The number of halogens is 1. The van der Waals surface area contributed by atoms with E-state index in [4.69, 9.17) is 5.73 Å². The third-order valence-electron chi connectivity index (χ3n) is 6.54. The predicted molar refractivity (Wildman–Crippen MR) is 103 cm³/mol. The van der Waals surface area contributed by atoms with Gasteiger partial charge in [0.1, 0.15) is 0 Å². The second-order valence-corrected chi connectivity index (χ2v) is 7.91. The van der Waals surface area contributed by atoms with Crippen molar-refractivity contribution in [1.82, 2.24) is 9.80 Å². The third-order valence-corrected chi connectivity index (χ3v) is 6.54. The van der Waals surface area contributed by atoms with Crippen LogP contribution in [0.5, 0.6) is 0 Å². The minimum Gasteiger partial charge on any atom is -0.342 e. The van der Waals surface area contributed by atoms with Crippen LogP contribution >= 0.6 is 12.4 Å². The summed E-state index contributed by atoms with van der Waals surface area (Å²) in [4.78, 5) is 29.4. The van der Waals surface area contributed by atoms with Crippen LogP contribution in [0, 0.1) is 17.8 Å². The van der Waals surface area contributed by atoms with Crippen LogP contribution in [0.15, 0.2) is 30.3 Å². The molecule has 1 aromatic rings. The molecule has 26 heavy (non-hydrogen) atoms. The summed E-state index contributed by atoms with van der Waals surface area (Å²) in [6, 6.07) is 10.0. The van der Waals surface area contributed by atoms with E-state index in [0.29, 0.717) is 24.7 Å². The number of likely N-dealkylation sites (tertiary alicyclic amines) is 2. The molecular weight excluding hydrogens is 350 g/mol. The Kier molecular flexibility index (Phi) is 5.58. The van der Waals surface area contributed by atoms with Gasteiger partial charge in [0, 0.05) is 32.6 Å². The number of carbonyl (C=O) groups excluding carboxylic acids is 2. The SMILES string of the molecule is CN1C(=O)CCC(C(=O)N2CC3CCC(N)C3C2)C1c1ccccc1.Cl. The van der Waals surface area contributed by atoms with Crippen LogP contribution in [0.4, 0.5) is 0 Å². The fourth-order valence-electron chi connectivity index (χ4n) is 5.12. The van der Waals surface area contributed by atoms with E-state index < -0.39 is 0 Å². The number of fused-ring (bicyclic) bond motifs is 1. The molecule has 2 amide bonds. The first-order valence-electron chi connectivity index (χ1n) is 9.41. The van der Waals surface area contributed by atoms with Crippen molar-refractivity contribution in [1.29, 1.82) is 0 Å². The van der Waals surface area contributed by atoms with Crippen molar-refractivity contribution in [2.45, 2.75) is 37.8 Å². The van der Waals surface area contributed by atoms with Crippen LogP contribution in [0.25, 0.3) is 0 Å². The largest absolute Gasteiger partial charge is 0.342 e. The molecule has 1 aliphatic carbocycles. The molecule has 2 saturated heterocycles. The average molecular weight is 378 g/mol. The highest BCUT2D eigenvalue weighted by Crippen LogP contribution is 2.41. The van der Waals surface area contributed by atoms with E-state index in [1.165, 1.54) is 0 Å². The molecule has 2 aliphatic heterocycles. The van der Waals surface area contributed by atoms with Crippen LogP contribution in [-0.2, 0) is 9.59 Å². The van der Waals surface area contributed by atoms with Crippen LogP contribution < -0.4 is 5.73 Å². The minimum absolute atomic E-state index is 0. The number of nitrogens with zero attached hydrogens (tertiary/aromatic N) is 2. The highest BCUT2D eigenvalue weighted by molar-refractivity contribution is 5.85. The number of hydrogen-bond donors (Lipinski definition) is 1. The number of nitrogens with two attached hydrogens (primary N) is 1. The molecule has 2 N–H and O–H groups in total. The number of piperidine rings is 1. The van der Waals surface area contributed by atoms with Gasteiger partial charge in [-0.05, 0) is 36.7 Å². The quantitative estimate of drug-likeness (QED) is 0.859. The molecule has 142 valence electrons. The van der Waals surface area contributed by atoms with E-state index in [2.05, 4.69) is 0 Å². The Morgan fingerprint density at radius 3 is 2.54 bits per heavy atom. The molecule has 3 aliphatic rings. The summed E-state index contributed by atoms with van der Waals surface area (Å²) < 4.78 is 0. The molecule has 4 rings (SSSR count). The number of rotatable bonds is 2. The molecule has 5 nitrogen and oxygen atoms in total. The Labute approximate surface area is 161 Å². The summed E-state index contributed by atoms with van der Waals surface area (Å²) in [5.74, 6) is 1.20. The number of carbonyl (C=O) groups is 2. The van der Waals surface area contributed by atoms with Gasteiger partial charge in [-0.25, -0.2) is 0 Å². The predicted octanol–water partition coefficient (Wildman–Crippen LogP) is 2.21. The first-order chi connectivity index (χ1) is 12.1. The summed E-state index contributed by atoms with van der Waals surface area (Å²) >= 11 is 0. The van der Waals surface area contributed by atoms with Crippen LogP contribution in [0.2, 0.25) is 0 Å². The average Bonchev–Trinajstić information content (AvgIpc) is 3.20. The Morgan fingerprint density at radius 1 is 1.12 bits per heavy atom. The molecule has 0 bridgehead atoms. The minimum atomic E-state index is -0.163. The van der Waals surface area contributed by atoms with Gasteiger partial charge in [0.25, 0.3) is 0 Å². The lowest BCUT2D eigenvalue weighted by Crippen LogP contribution is -2.47. The number of amides is 2. The van der Waals surface area contributed by atoms with Crippen molar-refractivity contribution in [2.75, 3.05) is 20.1 Å². The van der Waals surface area contributed by atoms with Crippen LogP contribution in [0.1, 0.15) is 37.3 Å². The normalized spacial score (nSPS) is 33.8. The first-order valence-corrected chi connectivity index (χ1v) is 9.41. The van der Waals surface area contributed by atoms with Crippen molar-refractivity contribution in [3.63, 3.8) is 0 Å². The second kappa shape index (κ2) is 7.57. The lowest BCUT2D eigenvalue weighted by atomic mass is 9.83. The molecule has 2 heterocycles. The van der Waals surface area contributed by atoms with E-state index in [1.54, 1.807) is 4.90 Å². The fraction of sp³-hybridized carbons (Fsp3) is 0.600. The van der Waals surface area contributed by atoms with E-state index in [0.717, 1.165) is 31.5 Å². The Morgan fingerprint density at radius 2 is 1.85 bits per heavy atom. The van der Waals surface area contributed by atoms with Crippen molar-refractivity contribution in [3.05, 3.63) is 35.9 Å². The monoisotopic (exact) mass is 377 g/mol. The third kappa shape index (κ3) is 3.23. The summed E-state index contributed by atoms with van der Waals surface area (Å²) in [6.45, 7) is 1.63. The van der Waals surface area contributed by atoms with Crippen molar-refractivity contribution in [3.8, 4) is 0 Å². The molecule has 5 unspecified atom stereocenters. The second-order valence-electron chi connectivity index (χ2n) is 7.91. The molecule has 1 saturated carbocycles. The van der Waals surface area contributed by atoms with Gasteiger partial charge in [-0.1, -0.05) is 30.3 Å². The standard InChI is InChI=1S/C20H27N3O2.ClH/c1-22-18(24)10-8-15(19(22)13-5-3-2-4-6-13)20(25)23-11-14-7-9-17(21)16(14)12-23;/h2-6,14-17,19H,7-12,21H2,1H3;1H. The molecule has 0 aromatic heterocycles. The van der Waals surface area contributed by atoms with E-state index in [9.17, 15) is 9.59 Å². The topological polar surface area (TPSA) is 66.6 Å². The smallest absolute Gasteiger partial charge is 0.228 e. The van der Waals surface area contributed by atoms with Gasteiger partial charge < -0.3 is 15.5 Å². The zero-order valence-electron chi connectivity index (χ0n) is 15.2. The van der Waals surface area contributed by atoms with Gasteiger partial charge in [0.05, 0.1) is 12.0 Å². The lowest BCUT2D eigenvalue weighted by molar-refractivity contribution is -0.146. The summed E-state index contributed by atoms with van der Waals surface area (Å²) in [5, 5.41) is 0. The Bertz CT molecular complexity index is 668. The summed E-state index contributed by atoms with van der Waals surface area (Å²) in [6.07, 6.45) is 3.32. The Balaban J connectivity index is 0.00000196. The van der Waals surface area contributed by atoms with Gasteiger partial charge in [-0.2, -0.15) is 0 Å². The molecule has 0 spiro atoms. The maximum absolute atomic E-state index is 13.3. The van der Waals surface area contributed by atoms with Gasteiger partial charge in [0.2, 0.25) is 11.8 Å². The maximum atomic E-state index is 13.3. The van der Waals surface area contributed by atoms with Crippen molar-refractivity contribution >= 4 is 24.2 Å². The van der Waals surface area contributed by atoms with E-state index in [1.807, 2.05) is 42.3 Å². The van der Waals surface area contributed by atoms with Gasteiger partial charge in [-0.3, -0.25) is 9.59 Å². The Hall–Kier alpha value is -1.59. The van der Waals surface area contributed by atoms with E-state index >= 15 is 0 Å². The zero-order valence-corrected chi connectivity index (χ0v) is 16.0. The maximum Gasteiger partial charge on any atom is 0.228 e. The molecule has 0 radical (unpaired) electrons. The molecular formula is C20H28ClN3O2. The van der Waals surface area contributed by atoms with Crippen LogP contribution in [-0.4, -0.2) is 47.8 Å². The summed E-state index contributed by atoms with van der Waals surface area (Å²) in [5.41, 5.74) is 7.28. The van der Waals surface area contributed by atoms with Crippen LogP contribution in [0.3, 0.4) is 0 Å². The number of benzene rings is 1. The number of hydrogen-bond acceptors (Lipinski definition) is 3.